The van der Waals surface area contributed by atoms with Gasteiger partial charge in [0.05, 0.1) is 0 Å². The molecule has 0 amide bonds. The Kier molecular flexibility index (Phi) is 4.76. The third-order valence-electron chi connectivity index (χ3n) is 3.84. The van der Waals surface area contributed by atoms with Crippen LogP contribution in [0.3, 0.4) is 0 Å². The highest BCUT2D eigenvalue weighted by molar-refractivity contribution is 9.10. The molecule has 2 nitrogen and oxygen atoms in total. The van der Waals surface area contributed by atoms with E-state index in [-0.39, 0.29) is 11.9 Å². The highest BCUT2D eigenvalue weighted by Gasteiger charge is 2.27. The van der Waals surface area contributed by atoms with Gasteiger partial charge in [-0.1, -0.05) is 22.4 Å². The van der Waals surface area contributed by atoms with Crippen LogP contribution < -0.4 is 5.73 Å². The Morgan fingerprint density at radius 2 is 2.22 bits per heavy atom. The molecule has 18 heavy (non-hydrogen) atoms. The summed E-state index contributed by atoms with van der Waals surface area (Å²) in [4.78, 5) is 2.28. The predicted octanol–water partition coefficient (Wildman–Crippen LogP) is 2.94. The summed E-state index contributed by atoms with van der Waals surface area (Å²) in [5.74, 6) is -0.123. The zero-order valence-electron chi connectivity index (χ0n) is 10.7. The Labute approximate surface area is 116 Å². The smallest absolute Gasteiger partial charge is 0.126 e. The fourth-order valence-electron chi connectivity index (χ4n) is 2.71. The first kappa shape index (κ1) is 14.0. The molecule has 0 aromatic heterocycles. The van der Waals surface area contributed by atoms with Crippen molar-refractivity contribution in [1.29, 1.82) is 0 Å². The molecule has 0 aliphatic heterocycles. The molecule has 2 rings (SSSR count). The van der Waals surface area contributed by atoms with E-state index < -0.39 is 0 Å². The van der Waals surface area contributed by atoms with Gasteiger partial charge in [0.2, 0.25) is 0 Å². The van der Waals surface area contributed by atoms with Crippen molar-refractivity contribution < 1.29 is 4.39 Å². The number of benzene rings is 1. The lowest BCUT2D eigenvalue weighted by Gasteiger charge is -2.27. The number of nitrogens with two attached hydrogens (primary N) is 1. The standard InChI is InChI=1S/C14H20BrFN2/c1-18(14-4-2-3-13(14)17)8-7-10-9-11(15)5-6-12(10)16/h5-6,9,13-14H,2-4,7-8,17H2,1H3. The Morgan fingerprint density at radius 3 is 2.89 bits per heavy atom. The highest BCUT2D eigenvalue weighted by Crippen LogP contribution is 2.22. The van der Waals surface area contributed by atoms with Crippen molar-refractivity contribution in [3.8, 4) is 0 Å². The van der Waals surface area contributed by atoms with Gasteiger partial charge in [0.25, 0.3) is 0 Å². The van der Waals surface area contributed by atoms with Gasteiger partial charge in [-0.2, -0.15) is 0 Å². The van der Waals surface area contributed by atoms with Crippen LogP contribution in [-0.4, -0.2) is 30.6 Å². The van der Waals surface area contributed by atoms with Gasteiger partial charge < -0.3 is 10.6 Å². The molecule has 4 heteroatoms. The molecule has 100 valence electrons. The molecule has 1 aromatic carbocycles. The number of hydrogen-bond acceptors (Lipinski definition) is 2. The van der Waals surface area contributed by atoms with Gasteiger partial charge in [0.1, 0.15) is 5.82 Å². The summed E-state index contributed by atoms with van der Waals surface area (Å²) < 4.78 is 14.5. The monoisotopic (exact) mass is 314 g/mol. The Morgan fingerprint density at radius 1 is 1.44 bits per heavy atom. The maximum absolute atomic E-state index is 13.6. The summed E-state index contributed by atoms with van der Waals surface area (Å²) in [6.45, 7) is 0.853. The number of halogens is 2. The van der Waals surface area contributed by atoms with E-state index in [1.54, 1.807) is 6.07 Å². The molecule has 1 aromatic rings. The second-order valence-electron chi connectivity index (χ2n) is 5.13. The lowest BCUT2D eigenvalue weighted by Crippen LogP contribution is -2.43. The maximum Gasteiger partial charge on any atom is 0.126 e. The fraction of sp³-hybridized carbons (Fsp3) is 0.571. The molecule has 1 aliphatic carbocycles. The average molecular weight is 315 g/mol. The molecule has 0 heterocycles. The van der Waals surface area contributed by atoms with Crippen molar-refractivity contribution in [2.45, 2.75) is 37.8 Å². The van der Waals surface area contributed by atoms with Crippen LogP contribution in [0.5, 0.6) is 0 Å². The summed E-state index contributed by atoms with van der Waals surface area (Å²) in [7, 11) is 2.09. The van der Waals surface area contributed by atoms with Crippen molar-refractivity contribution in [3.63, 3.8) is 0 Å². The summed E-state index contributed by atoms with van der Waals surface area (Å²) in [6, 6.07) is 5.84. The number of rotatable bonds is 4. The Hall–Kier alpha value is -0.450. The minimum Gasteiger partial charge on any atom is -0.326 e. The quantitative estimate of drug-likeness (QED) is 0.926. The minimum atomic E-state index is -0.123. The van der Waals surface area contributed by atoms with E-state index in [4.69, 9.17) is 5.73 Å². The first-order valence-electron chi connectivity index (χ1n) is 6.47. The van der Waals surface area contributed by atoms with Gasteiger partial charge in [-0.3, -0.25) is 0 Å². The van der Waals surface area contributed by atoms with Crippen LogP contribution in [0.2, 0.25) is 0 Å². The third kappa shape index (κ3) is 3.31. The van der Waals surface area contributed by atoms with E-state index in [0.717, 1.165) is 29.4 Å². The van der Waals surface area contributed by atoms with Gasteiger partial charge in [0, 0.05) is 23.1 Å². The van der Waals surface area contributed by atoms with Crippen LogP contribution in [0.25, 0.3) is 0 Å². The van der Waals surface area contributed by atoms with E-state index in [1.165, 1.54) is 18.9 Å². The van der Waals surface area contributed by atoms with Crippen LogP contribution in [0, 0.1) is 5.82 Å². The molecule has 1 fully saturated rings. The van der Waals surface area contributed by atoms with Gasteiger partial charge >= 0.3 is 0 Å². The maximum atomic E-state index is 13.6. The number of likely N-dealkylation sites (N-methyl/N-ethyl adjacent to an activating group) is 1. The van der Waals surface area contributed by atoms with E-state index in [2.05, 4.69) is 27.9 Å². The summed E-state index contributed by atoms with van der Waals surface area (Å²) in [5.41, 5.74) is 6.85. The third-order valence-corrected chi connectivity index (χ3v) is 4.33. The molecule has 0 radical (unpaired) electrons. The van der Waals surface area contributed by atoms with Crippen LogP contribution in [0.1, 0.15) is 24.8 Å². The zero-order chi connectivity index (χ0) is 13.1. The molecule has 1 saturated carbocycles. The van der Waals surface area contributed by atoms with Crippen LogP contribution in [-0.2, 0) is 6.42 Å². The van der Waals surface area contributed by atoms with Crippen LogP contribution in [0.15, 0.2) is 22.7 Å². The van der Waals surface area contributed by atoms with E-state index in [0.29, 0.717) is 6.04 Å². The molecule has 0 bridgehead atoms. The topological polar surface area (TPSA) is 29.3 Å². The first-order valence-corrected chi connectivity index (χ1v) is 7.27. The van der Waals surface area contributed by atoms with Gasteiger partial charge in [-0.05, 0) is 50.1 Å². The van der Waals surface area contributed by atoms with Crippen molar-refractivity contribution in [2.75, 3.05) is 13.6 Å². The molecule has 1 aliphatic rings. The molecule has 2 N–H and O–H groups in total. The summed E-state index contributed by atoms with van der Waals surface area (Å²) in [5, 5.41) is 0. The largest absolute Gasteiger partial charge is 0.326 e. The van der Waals surface area contributed by atoms with E-state index in [9.17, 15) is 4.39 Å². The van der Waals surface area contributed by atoms with Crippen molar-refractivity contribution in [3.05, 3.63) is 34.1 Å². The Bertz CT molecular complexity index is 411. The lowest BCUT2D eigenvalue weighted by atomic mass is 10.1. The predicted molar refractivity (Wildman–Crippen MR) is 76.0 cm³/mol. The fourth-order valence-corrected chi connectivity index (χ4v) is 3.12. The van der Waals surface area contributed by atoms with Crippen molar-refractivity contribution >= 4 is 15.9 Å². The lowest BCUT2D eigenvalue weighted by molar-refractivity contribution is 0.230. The molecule has 0 spiro atoms. The van der Waals surface area contributed by atoms with Gasteiger partial charge in [-0.15, -0.1) is 0 Å². The van der Waals surface area contributed by atoms with Gasteiger partial charge in [0.15, 0.2) is 0 Å². The second kappa shape index (κ2) is 6.13. The van der Waals surface area contributed by atoms with E-state index in [1.807, 2.05) is 6.07 Å². The first-order chi connectivity index (χ1) is 8.58. The zero-order valence-corrected chi connectivity index (χ0v) is 12.3. The highest BCUT2D eigenvalue weighted by atomic mass is 79.9. The average Bonchev–Trinajstić information content (AvgIpc) is 2.76. The molecule has 2 unspecified atom stereocenters. The Balaban J connectivity index is 1.92. The normalized spacial score (nSPS) is 23.8. The van der Waals surface area contributed by atoms with Crippen LogP contribution >= 0.6 is 15.9 Å². The SMILES string of the molecule is CN(CCc1cc(Br)ccc1F)C1CCCC1N. The van der Waals surface area contributed by atoms with Crippen molar-refractivity contribution in [2.24, 2.45) is 5.73 Å². The number of hydrogen-bond donors (Lipinski definition) is 1. The van der Waals surface area contributed by atoms with Crippen LogP contribution in [0.4, 0.5) is 4.39 Å². The van der Waals surface area contributed by atoms with E-state index >= 15 is 0 Å². The molecule has 2 atom stereocenters. The summed E-state index contributed by atoms with van der Waals surface area (Å²) >= 11 is 3.38. The number of nitrogens with zero attached hydrogens (tertiary/aromatic N) is 1. The van der Waals surface area contributed by atoms with Gasteiger partial charge in [-0.25, -0.2) is 4.39 Å². The molecule has 0 saturated heterocycles. The molecular formula is C14H20BrFN2. The summed E-state index contributed by atoms with van der Waals surface area (Å²) in [6.07, 6.45) is 4.21. The molecular weight excluding hydrogens is 295 g/mol. The van der Waals surface area contributed by atoms with Crippen molar-refractivity contribution in [1.82, 2.24) is 4.90 Å². The minimum absolute atomic E-state index is 0.123. The second-order valence-corrected chi connectivity index (χ2v) is 6.04.